The summed E-state index contributed by atoms with van der Waals surface area (Å²) in [7, 11) is 0.933. The van der Waals surface area contributed by atoms with Gasteiger partial charge in [0.1, 0.15) is 54.4 Å². The number of nitrogens with zero attached hydrogens (tertiary/aromatic N) is 1. The van der Waals surface area contributed by atoms with Crippen LogP contribution in [-0.2, 0) is 81.5 Å². The molecule has 0 aliphatic carbocycles. The van der Waals surface area contributed by atoms with Gasteiger partial charge < -0.3 is 107 Å². The van der Waals surface area contributed by atoms with Gasteiger partial charge in [-0.3, -0.25) is 81.5 Å². The van der Waals surface area contributed by atoms with Crippen LogP contribution in [0, 0.1) is 0 Å². The fourth-order valence-electron chi connectivity index (χ4n) is 7.66. The van der Waals surface area contributed by atoms with Crippen molar-refractivity contribution in [2.24, 2.45) is 28.7 Å². The van der Waals surface area contributed by atoms with Crippen LogP contribution in [0.4, 0.5) is 0 Å². The highest BCUT2D eigenvalue weighted by molar-refractivity contribution is 6.00. The number of aliphatic hydroxyl groups excluding tert-OH is 1. The van der Waals surface area contributed by atoms with E-state index in [9.17, 15) is 102 Å². The van der Waals surface area contributed by atoms with E-state index in [0.29, 0.717) is 11.3 Å². The molecule has 0 fully saturated rings. The van der Waals surface area contributed by atoms with E-state index < -0.39 is 232 Å². The SMILES string of the molecule is CCCC[C@H](NC(=O)[C@H](CCC(=O)O)NC(=O)[C@H](C)NC(=O)CNC(=O)[C@H](CCC(N)=O)NC(=O)[C@@H](N)CCC(=O)O)C(=O)N[C@@H](CO)C(=O)N[C@@H](CC(N)=O)C(=O)N(C)[C@@H](CCC(=O)O)C(=O)N[C@@H](CCC(=O)O)C(=O)N[C@@H](CCCN)C(N)=O. The minimum absolute atomic E-state index is 0.0458. The summed E-state index contributed by atoms with van der Waals surface area (Å²) in [6, 6.07) is -16.7. The molecule has 0 spiro atoms. The van der Waals surface area contributed by atoms with E-state index in [0.717, 1.165) is 14.0 Å². The molecule has 37 heteroatoms. The van der Waals surface area contributed by atoms with Crippen LogP contribution >= 0.6 is 0 Å². The molecule has 24 N–H and O–H groups in total. The smallest absolute Gasteiger partial charge is 0.303 e. The third kappa shape index (κ3) is 31.0. The Morgan fingerprint density at radius 1 is 0.453 bits per heavy atom. The maximum Gasteiger partial charge on any atom is 0.303 e. The number of rotatable bonds is 45. The summed E-state index contributed by atoms with van der Waals surface area (Å²) >= 11 is 0. The molecule has 37 nitrogen and oxygen atoms in total. The van der Waals surface area contributed by atoms with E-state index in [2.05, 4.69) is 47.9 Å². The molecule has 0 aromatic carbocycles. The molecule has 0 saturated heterocycles. The molecule has 0 aliphatic heterocycles. The Labute approximate surface area is 491 Å². The Balaban J connectivity index is 6.51. The van der Waals surface area contributed by atoms with E-state index in [4.69, 9.17) is 33.8 Å². The molecule has 0 aliphatic rings. The molecule has 0 aromatic rings. The number of carboxylic acid groups (broad SMARTS) is 4. The normalized spacial score (nSPS) is 14.3. The van der Waals surface area contributed by atoms with Gasteiger partial charge in [0.2, 0.25) is 76.8 Å². The van der Waals surface area contributed by atoms with Gasteiger partial charge in [-0.1, -0.05) is 19.8 Å². The number of hydrogen-bond donors (Lipinski definition) is 19. The Morgan fingerprint density at radius 2 is 0.860 bits per heavy atom. The van der Waals surface area contributed by atoms with E-state index in [1.807, 2.05) is 0 Å². The van der Waals surface area contributed by atoms with Gasteiger partial charge in [-0.05, 0) is 64.8 Å². The summed E-state index contributed by atoms with van der Waals surface area (Å²) in [5, 5.41) is 67.5. The van der Waals surface area contributed by atoms with Crippen molar-refractivity contribution in [2.45, 2.75) is 177 Å². The highest BCUT2D eigenvalue weighted by Crippen LogP contribution is 2.13. The lowest BCUT2D eigenvalue weighted by Crippen LogP contribution is -2.61. The third-order valence-corrected chi connectivity index (χ3v) is 12.5. The number of primary amides is 3. The average Bonchev–Trinajstić information content (AvgIpc) is 2.13. The van der Waals surface area contributed by atoms with E-state index >= 15 is 0 Å². The molecule has 0 radical (unpaired) electrons. The second-order valence-electron chi connectivity index (χ2n) is 19.6. The summed E-state index contributed by atoms with van der Waals surface area (Å²) in [6.07, 6.45) is -6.23. The lowest BCUT2D eigenvalue weighted by molar-refractivity contribution is -0.145. The van der Waals surface area contributed by atoms with Gasteiger partial charge in [-0.15, -0.1) is 0 Å². The molecular formula is C49H81N15O22. The second-order valence-corrected chi connectivity index (χ2v) is 19.6. The first-order valence-corrected chi connectivity index (χ1v) is 27.0. The quantitative estimate of drug-likeness (QED) is 0.0269. The molecular weight excluding hydrogens is 1150 g/mol. The first-order valence-electron chi connectivity index (χ1n) is 27.0. The van der Waals surface area contributed by atoms with Crippen molar-refractivity contribution in [3.05, 3.63) is 0 Å². The number of amides is 13. The number of aliphatic hydroxyl groups is 1. The van der Waals surface area contributed by atoms with Crippen LogP contribution in [0.5, 0.6) is 0 Å². The predicted molar refractivity (Wildman–Crippen MR) is 292 cm³/mol. The Hall–Kier alpha value is -9.13. The van der Waals surface area contributed by atoms with Crippen LogP contribution in [0.15, 0.2) is 0 Å². The first-order chi connectivity index (χ1) is 40.2. The number of carbonyl (C=O) groups is 17. The van der Waals surface area contributed by atoms with Crippen molar-refractivity contribution in [2.75, 3.05) is 26.7 Å². The number of aliphatic carboxylic acids is 4. The van der Waals surface area contributed by atoms with Crippen LogP contribution < -0.4 is 76.5 Å². The summed E-state index contributed by atoms with van der Waals surface area (Å²) in [5.74, 6) is -20.2. The maximum atomic E-state index is 14.1. The number of hydrogen-bond acceptors (Lipinski definition) is 20. The standard InChI is InChI=1S/C49H81N15O22/c1-4-5-7-26(60-46(83)28(11-16-37(71)72)58-41(78)23(2)56-35(68)21-55-43(80)27(10-14-33(52)66)59-42(79)24(51)9-15-36(69)70)44(81)63-31(22-65)47(84)62-30(20-34(53)67)49(86)64(3)32(13-18-39(75)76)48(85)61-29(12-17-38(73)74)45(82)57-25(40(54)77)8-6-19-50/h23-32,65H,4-22,50-51H2,1-3H3,(H2,52,66)(H2,53,67)(H2,54,77)(H,55,80)(H,56,68)(H,57,82)(H,58,78)(H,59,79)(H,60,83)(H,61,85)(H,62,84)(H,63,81)(H,69,70)(H,71,72)(H,73,74)(H,75,76)/t23-,24-,25-,26-,27-,28-,29-,30-,31-,32-/m0/s1. The van der Waals surface area contributed by atoms with Crippen molar-refractivity contribution in [3.8, 4) is 0 Å². The number of nitrogens with one attached hydrogen (secondary N) is 9. The third-order valence-electron chi connectivity index (χ3n) is 12.5. The van der Waals surface area contributed by atoms with Gasteiger partial charge in [0.25, 0.3) is 0 Å². The van der Waals surface area contributed by atoms with E-state index in [1.165, 1.54) is 0 Å². The fraction of sp³-hybridized carbons (Fsp3) is 0.653. The van der Waals surface area contributed by atoms with Crippen LogP contribution in [0.3, 0.4) is 0 Å². The first kappa shape index (κ1) is 76.9. The minimum atomic E-state index is -2.03. The molecule has 86 heavy (non-hydrogen) atoms. The van der Waals surface area contributed by atoms with Gasteiger partial charge in [0.05, 0.1) is 25.6 Å². The van der Waals surface area contributed by atoms with Gasteiger partial charge in [-0.2, -0.15) is 0 Å². The van der Waals surface area contributed by atoms with Gasteiger partial charge in [-0.25, -0.2) is 0 Å². The van der Waals surface area contributed by atoms with Crippen molar-refractivity contribution in [1.29, 1.82) is 0 Å². The zero-order valence-corrected chi connectivity index (χ0v) is 47.7. The Bertz CT molecular complexity index is 2450. The molecule has 0 saturated carbocycles. The largest absolute Gasteiger partial charge is 0.481 e. The van der Waals surface area contributed by atoms with Crippen LogP contribution in [0.2, 0.25) is 0 Å². The topological polar surface area (TPSA) is 633 Å². The summed E-state index contributed by atoms with van der Waals surface area (Å²) in [4.78, 5) is 216. The molecule has 0 rings (SSSR count). The second kappa shape index (κ2) is 40.2. The zero-order chi connectivity index (χ0) is 66.0. The lowest BCUT2D eigenvalue weighted by atomic mass is 10.0. The number of likely N-dealkylation sites (N-methyl/N-ethyl adjacent to an activating group) is 1. The lowest BCUT2D eigenvalue weighted by Gasteiger charge is -2.32. The van der Waals surface area contributed by atoms with Gasteiger partial charge in [0, 0.05) is 39.2 Å². The number of unbranched alkanes of at least 4 members (excludes halogenated alkanes) is 1. The van der Waals surface area contributed by atoms with Crippen LogP contribution in [0.1, 0.15) is 117 Å². The Morgan fingerprint density at radius 3 is 1.34 bits per heavy atom. The summed E-state index contributed by atoms with van der Waals surface area (Å²) < 4.78 is 0. The van der Waals surface area contributed by atoms with Crippen molar-refractivity contribution >= 4 is 101 Å². The number of carboxylic acids is 4. The van der Waals surface area contributed by atoms with E-state index in [1.54, 1.807) is 6.92 Å². The predicted octanol–water partition coefficient (Wildman–Crippen LogP) is -8.84. The number of nitrogens with two attached hydrogens (primary N) is 5. The monoisotopic (exact) mass is 1230 g/mol. The van der Waals surface area contributed by atoms with E-state index in [-0.39, 0.29) is 45.1 Å². The summed E-state index contributed by atoms with van der Waals surface area (Å²) in [5.41, 5.74) is 27.1. The molecule has 10 atom stereocenters. The van der Waals surface area contributed by atoms with Gasteiger partial charge in [0.15, 0.2) is 0 Å². The van der Waals surface area contributed by atoms with Crippen LogP contribution in [-0.4, -0.2) is 218 Å². The number of carbonyl (C=O) groups excluding carboxylic acids is 13. The average molecular weight is 1230 g/mol. The maximum absolute atomic E-state index is 14.1. The minimum Gasteiger partial charge on any atom is -0.481 e. The zero-order valence-electron chi connectivity index (χ0n) is 47.7. The molecule has 484 valence electrons. The molecule has 13 amide bonds. The highest BCUT2D eigenvalue weighted by Gasteiger charge is 2.38. The fourth-order valence-corrected chi connectivity index (χ4v) is 7.66. The molecule has 0 bridgehead atoms. The van der Waals surface area contributed by atoms with Crippen molar-refractivity contribution in [1.82, 2.24) is 52.8 Å². The van der Waals surface area contributed by atoms with Crippen molar-refractivity contribution in [3.63, 3.8) is 0 Å². The molecule has 0 heterocycles. The van der Waals surface area contributed by atoms with Crippen LogP contribution in [0.25, 0.3) is 0 Å². The Kier molecular flexibility index (Phi) is 35.9. The molecule has 0 aromatic heterocycles. The van der Waals surface area contributed by atoms with Gasteiger partial charge >= 0.3 is 23.9 Å². The highest BCUT2D eigenvalue weighted by atomic mass is 16.4. The molecule has 0 unspecified atom stereocenters. The summed E-state index contributed by atoms with van der Waals surface area (Å²) in [6.45, 7) is 0.826. The van der Waals surface area contributed by atoms with Crippen molar-refractivity contribution < 1.29 is 107 Å².